The van der Waals surface area contributed by atoms with Gasteiger partial charge in [-0.1, -0.05) is 0 Å². The molecule has 4 rings (SSSR count). The first-order valence-electron chi connectivity index (χ1n) is 8.67. The summed E-state index contributed by atoms with van der Waals surface area (Å²) in [6.45, 7) is 1.10. The average molecular weight is 362 g/mol. The number of rotatable bonds is 5. The highest BCUT2D eigenvalue weighted by Gasteiger charge is 2.57. The van der Waals surface area contributed by atoms with Crippen molar-refractivity contribution < 1.29 is 18.3 Å². The molecule has 2 atom stereocenters. The first-order chi connectivity index (χ1) is 12.3. The van der Waals surface area contributed by atoms with Crippen LogP contribution in [0.5, 0.6) is 5.75 Å². The van der Waals surface area contributed by atoms with Crippen LogP contribution in [0.2, 0.25) is 0 Å². The van der Waals surface area contributed by atoms with Crippen LogP contribution in [0.3, 0.4) is 0 Å². The van der Waals surface area contributed by atoms with Gasteiger partial charge in [0.05, 0.1) is 5.69 Å². The van der Waals surface area contributed by atoms with Gasteiger partial charge in [-0.15, -0.1) is 0 Å². The first-order valence-corrected chi connectivity index (χ1v) is 8.67. The smallest absolute Gasteiger partial charge is 0.387 e. The molecule has 2 aliphatic rings. The summed E-state index contributed by atoms with van der Waals surface area (Å²) >= 11 is 0. The maximum Gasteiger partial charge on any atom is 0.387 e. The normalized spacial score (nSPS) is 24.4. The molecular weight excluding hydrogens is 342 g/mol. The highest BCUT2D eigenvalue weighted by molar-refractivity contribution is 5.83. The van der Waals surface area contributed by atoms with Crippen LogP contribution in [0, 0.1) is 11.8 Å². The van der Waals surface area contributed by atoms with Crippen LogP contribution in [0.4, 0.5) is 14.6 Å². The zero-order valence-electron chi connectivity index (χ0n) is 14.5. The number of hydrogen-bond donors (Lipinski definition) is 1. The van der Waals surface area contributed by atoms with Gasteiger partial charge in [0.15, 0.2) is 11.6 Å². The van der Waals surface area contributed by atoms with Crippen molar-refractivity contribution in [1.29, 1.82) is 0 Å². The van der Waals surface area contributed by atoms with Gasteiger partial charge in [0.1, 0.15) is 5.78 Å². The molecule has 0 radical (unpaired) electrons. The van der Waals surface area contributed by atoms with Crippen molar-refractivity contribution in [2.75, 3.05) is 5.73 Å². The fraction of sp³-hybridized carbons (Fsp3) is 0.500. The lowest BCUT2D eigenvalue weighted by molar-refractivity contribution is -0.118. The van der Waals surface area contributed by atoms with E-state index in [1.807, 2.05) is 24.6 Å². The SMILES string of the molecule is CC(C)n1nc(-c2cnc(N)c(OC(F)F)c2)cc1C1C2CC(=O)CC21. The van der Waals surface area contributed by atoms with E-state index in [1.165, 1.54) is 12.3 Å². The van der Waals surface area contributed by atoms with E-state index in [2.05, 4.69) is 14.8 Å². The lowest BCUT2D eigenvalue weighted by Gasteiger charge is -2.11. The Balaban J connectivity index is 1.68. The third kappa shape index (κ3) is 2.83. The second-order valence-electron chi connectivity index (χ2n) is 7.28. The van der Waals surface area contributed by atoms with Gasteiger partial charge in [0.2, 0.25) is 0 Å². The third-order valence-electron chi connectivity index (χ3n) is 5.25. The molecule has 2 saturated carbocycles. The number of fused-ring (bicyclic) bond motifs is 1. The molecule has 2 aromatic rings. The molecular formula is C18H20F2N4O2. The summed E-state index contributed by atoms with van der Waals surface area (Å²) in [5, 5.41) is 4.65. The molecule has 0 aromatic carbocycles. The summed E-state index contributed by atoms with van der Waals surface area (Å²) in [5.74, 6) is 1.25. The largest absolute Gasteiger partial charge is 0.431 e. The Morgan fingerprint density at radius 3 is 2.58 bits per heavy atom. The molecule has 2 aliphatic carbocycles. The summed E-state index contributed by atoms with van der Waals surface area (Å²) in [5.41, 5.74) is 7.90. The number of nitrogens with zero attached hydrogens (tertiary/aromatic N) is 3. The van der Waals surface area contributed by atoms with Crippen LogP contribution >= 0.6 is 0 Å². The van der Waals surface area contributed by atoms with Gasteiger partial charge in [0.25, 0.3) is 0 Å². The Labute approximate surface area is 149 Å². The number of carbonyl (C=O) groups is 1. The minimum Gasteiger partial charge on any atom is -0.431 e. The molecule has 2 N–H and O–H groups in total. The van der Waals surface area contributed by atoms with Crippen molar-refractivity contribution in [2.24, 2.45) is 11.8 Å². The number of ether oxygens (including phenoxy) is 1. The molecule has 2 aromatic heterocycles. The fourth-order valence-corrected chi connectivity index (χ4v) is 4.05. The summed E-state index contributed by atoms with van der Waals surface area (Å²) in [7, 11) is 0. The summed E-state index contributed by atoms with van der Waals surface area (Å²) in [6.07, 6.45) is 2.79. The number of alkyl halides is 2. The van der Waals surface area contributed by atoms with Crippen molar-refractivity contribution >= 4 is 11.6 Å². The second-order valence-corrected chi connectivity index (χ2v) is 7.28. The highest BCUT2D eigenvalue weighted by Crippen LogP contribution is 2.62. The standard InChI is InChI=1S/C18H20F2N4O2/c1-8(2)24-14(16-11-4-10(25)5-12(11)16)6-13(23-24)9-3-15(26-18(19)20)17(21)22-7-9/h3,6-8,11-12,16,18H,4-5H2,1-2H3,(H2,21,22). The van der Waals surface area contributed by atoms with Gasteiger partial charge in [-0.3, -0.25) is 9.48 Å². The average Bonchev–Trinajstić information content (AvgIpc) is 2.94. The molecule has 2 heterocycles. The number of pyridine rings is 1. The van der Waals surface area contributed by atoms with E-state index in [0.29, 0.717) is 47.6 Å². The quantitative estimate of drug-likeness (QED) is 0.881. The summed E-state index contributed by atoms with van der Waals surface area (Å²) < 4.78 is 31.4. The number of aromatic nitrogens is 3. The van der Waals surface area contributed by atoms with Crippen LogP contribution in [0.15, 0.2) is 18.3 Å². The summed E-state index contributed by atoms with van der Waals surface area (Å²) in [6, 6.07) is 3.55. The predicted molar refractivity (Wildman–Crippen MR) is 90.8 cm³/mol. The van der Waals surface area contributed by atoms with Gasteiger partial charge in [0, 0.05) is 42.3 Å². The number of Topliss-reactive ketones (excluding diaryl/α,β-unsaturated/α-hetero) is 1. The van der Waals surface area contributed by atoms with Crippen LogP contribution in [-0.4, -0.2) is 27.2 Å². The number of hydrogen-bond acceptors (Lipinski definition) is 5. The highest BCUT2D eigenvalue weighted by atomic mass is 19.3. The van der Waals surface area contributed by atoms with Crippen molar-refractivity contribution in [3.05, 3.63) is 24.0 Å². The molecule has 26 heavy (non-hydrogen) atoms. The minimum atomic E-state index is -2.97. The molecule has 0 saturated heterocycles. The van der Waals surface area contributed by atoms with Gasteiger partial charge >= 0.3 is 6.61 Å². The monoisotopic (exact) mass is 362 g/mol. The van der Waals surface area contributed by atoms with Gasteiger partial charge in [-0.25, -0.2) is 4.98 Å². The minimum absolute atomic E-state index is 0.0900. The van der Waals surface area contributed by atoms with E-state index in [4.69, 9.17) is 5.73 Å². The topological polar surface area (TPSA) is 83.0 Å². The Hall–Kier alpha value is -2.51. The van der Waals surface area contributed by atoms with Crippen LogP contribution in [0.25, 0.3) is 11.3 Å². The molecule has 0 aliphatic heterocycles. The molecule has 0 spiro atoms. The molecule has 2 fully saturated rings. The number of nitrogen functional groups attached to an aromatic ring is 1. The Kier molecular flexibility index (Phi) is 3.93. The number of halogens is 2. The van der Waals surface area contributed by atoms with E-state index in [1.54, 1.807) is 0 Å². The number of ketones is 1. The zero-order valence-corrected chi connectivity index (χ0v) is 14.5. The molecule has 0 amide bonds. The lowest BCUT2D eigenvalue weighted by Crippen LogP contribution is -2.09. The van der Waals surface area contributed by atoms with E-state index >= 15 is 0 Å². The lowest BCUT2D eigenvalue weighted by atomic mass is 10.1. The summed E-state index contributed by atoms with van der Waals surface area (Å²) in [4.78, 5) is 15.5. The molecule has 0 bridgehead atoms. The third-order valence-corrected chi connectivity index (χ3v) is 5.25. The van der Waals surface area contributed by atoms with Crippen molar-refractivity contribution in [3.63, 3.8) is 0 Å². The van der Waals surface area contributed by atoms with Gasteiger partial charge in [-0.05, 0) is 37.8 Å². The maximum atomic E-state index is 12.5. The van der Waals surface area contributed by atoms with E-state index in [-0.39, 0.29) is 17.6 Å². The van der Waals surface area contributed by atoms with Gasteiger partial charge in [-0.2, -0.15) is 13.9 Å². The van der Waals surface area contributed by atoms with E-state index in [9.17, 15) is 13.6 Å². The van der Waals surface area contributed by atoms with E-state index in [0.717, 1.165) is 5.69 Å². The zero-order chi connectivity index (χ0) is 18.6. The Bertz CT molecular complexity index is 851. The first kappa shape index (κ1) is 16.9. The molecule has 138 valence electrons. The number of anilines is 1. The Morgan fingerprint density at radius 1 is 1.27 bits per heavy atom. The van der Waals surface area contributed by atoms with Crippen LogP contribution in [0.1, 0.15) is 44.3 Å². The number of nitrogens with two attached hydrogens (primary N) is 1. The number of carbonyl (C=O) groups excluding carboxylic acids is 1. The fourth-order valence-electron chi connectivity index (χ4n) is 4.05. The van der Waals surface area contributed by atoms with Crippen molar-refractivity contribution in [3.8, 4) is 17.0 Å². The van der Waals surface area contributed by atoms with Gasteiger partial charge < -0.3 is 10.5 Å². The Morgan fingerprint density at radius 2 is 1.96 bits per heavy atom. The molecule has 2 unspecified atom stereocenters. The maximum absolute atomic E-state index is 12.5. The van der Waals surface area contributed by atoms with Crippen LogP contribution in [-0.2, 0) is 4.79 Å². The second kappa shape index (κ2) is 6.03. The predicted octanol–water partition coefficient (Wildman–Crippen LogP) is 3.40. The van der Waals surface area contributed by atoms with Crippen molar-refractivity contribution in [2.45, 2.75) is 45.3 Å². The molecule has 8 heteroatoms. The van der Waals surface area contributed by atoms with Crippen LogP contribution < -0.4 is 10.5 Å². The van der Waals surface area contributed by atoms with Crippen molar-refractivity contribution in [1.82, 2.24) is 14.8 Å². The molecule has 6 nitrogen and oxygen atoms in total. The van der Waals surface area contributed by atoms with E-state index < -0.39 is 6.61 Å².